The number of benzene rings is 1. The van der Waals surface area contributed by atoms with E-state index in [1.165, 1.54) is 0 Å². The first kappa shape index (κ1) is 21.2. The lowest BCUT2D eigenvalue weighted by atomic mass is 10.1. The molecule has 1 atom stereocenters. The Morgan fingerprint density at radius 3 is 2.73 bits per heavy atom. The van der Waals surface area contributed by atoms with Crippen molar-refractivity contribution in [3.63, 3.8) is 0 Å². The van der Waals surface area contributed by atoms with Crippen LogP contribution in [-0.2, 0) is 0 Å². The molecule has 1 unspecified atom stereocenters. The zero-order chi connectivity index (χ0) is 21.1. The maximum absolute atomic E-state index is 12.8. The second-order valence-electron chi connectivity index (χ2n) is 9.08. The van der Waals surface area contributed by atoms with Gasteiger partial charge in [-0.25, -0.2) is 0 Å². The number of carbonyl (C=O) groups excluding carboxylic acids is 1. The molecule has 1 amide bonds. The van der Waals surface area contributed by atoms with Crippen LogP contribution in [0.1, 0.15) is 56.9 Å². The minimum atomic E-state index is -0.0160. The lowest BCUT2D eigenvalue weighted by Crippen LogP contribution is -2.47. The van der Waals surface area contributed by atoms with Gasteiger partial charge < -0.3 is 24.8 Å². The highest BCUT2D eigenvalue weighted by molar-refractivity contribution is 5.98. The van der Waals surface area contributed by atoms with Gasteiger partial charge in [0.05, 0.1) is 0 Å². The third-order valence-electron chi connectivity index (χ3n) is 6.63. The minimum Gasteiger partial charge on any atom is -0.490 e. The van der Waals surface area contributed by atoms with E-state index in [0.717, 1.165) is 75.1 Å². The van der Waals surface area contributed by atoms with Crippen molar-refractivity contribution in [2.45, 2.75) is 64.6 Å². The number of aromatic amines is 1. The molecule has 0 radical (unpaired) electrons. The molecule has 0 saturated carbocycles. The number of likely N-dealkylation sites (N-methyl/N-ethyl adjacent to an activating group) is 1. The number of ether oxygens (including phenoxy) is 1. The molecule has 0 spiro atoms. The zero-order valence-corrected chi connectivity index (χ0v) is 18.6. The minimum absolute atomic E-state index is 0.0160. The largest absolute Gasteiger partial charge is 0.490 e. The smallest absolute Gasteiger partial charge is 0.267 e. The van der Waals surface area contributed by atoms with E-state index in [-0.39, 0.29) is 18.1 Å². The number of piperidine rings is 2. The number of H-pyrrole nitrogens is 1. The third-order valence-corrected chi connectivity index (χ3v) is 6.63. The molecule has 2 aliphatic heterocycles. The number of rotatable bonds is 6. The van der Waals surface area contributed by atoms with Gasteiger partial charge in [0.1, 0.15) is 17.5 Å². The Labute approximate surface area is 179 Å². The number of nitrogens with zero attached hydrogens (tertiary/aromatic N) is 2. The maximum Gasteiger partial charge on any atom is 0.267 e. The molecule has 6 heteroatoms. The Bertz CT molecular complexity index is 854. The van der Waals surface area contributed by atoms with Crippen LogP contribution in [0, 0.1) is 0 Å². The zero-order valence-electron chi connectivity index (χ0n) is 18.6. The van der Waals surface area contributed by atoms with Gasteiger partial charge >= 0.3 is 0 Å². The van der Waals surface area contributed by atoms with Crippen LogP contribution < -0.4 is 10.1 Å². The second-order valence-corrected chi connectivity index (χ2v) is 9.08. The summed E-state index contributed by atoms with van der Waals surface area (Å²) >= 11 is 0. The Morgan fingerprint density at radius 1 is 1.20 bits per heavy atom. The Balaban J connectivity index is 1.37. The molecule has 2 aromatic rings. The first-order valence-electron chi connectivity index (χ1n) is 11.6. The SMILES string of the molecule is CCN1CCCC(NC(=O)c2cc3cc(OC4CCN(C(C)C)CC4)ccc3[nH]2)C1. The van der Waals surface area contributed by atoms with Crippen LogP contribution in [0.4, 0.5) is 0 Å². The summed E-state index contributed by atoms with van der Waals surface area (Å²) in [6, 6.07) is 8.86. The van der Waals surface area contributed by atoms with Gasteiger partial charge in [-0.2, -0.15) is 0 Å². The average Bonchev–Trinajstić information content (AvgIpc) is 3.18. The van der Waals surface area contributed by atoms with Crippen molar-refractivity contribution in [2.75, 3.05) is 32.7 Å². The molecule has 2 aliphatic rings. The molecule has 6 nitrogen and oxygen atoms in total. The molecule has 2 N–H and O–H groups in total. The van der Waals surface area contributed by atoms with E-state index in [9.17, 15) is 4.79 Å². The normalized spacial score (nSPS) is 21.9. The van der Waals surface area contributed by atoms with Gasteiger partial charge in [-0.05, 0) is 76.9 Å². The highest BCUT2D eigenvalue weighted by Gasteiger charge is 2.23. The van der Waals surface area contributed by atoms with Gasteiger partial charge in [0.15, 0.2) is 0 Å². The monoisotopic (exact) mass is 412 g/mol. The number of fused-ring (bicyclic) bond motifs is 1. The average molecular weight is 413 g/mol. The van der Waals surface area contributed by atoms with E-state index >= 15 is 0 Å². The fourth-order valence-corrected chi connectivity index (χ4v) is 4.73. The predicted molar refractivity (Wildman–Crippen MR) is 121 cm³/mol. The van der Waals surface area contributed by atoms with Gasteiger partial charge in [0.25, 0.3) is 5.91 Å². The highest BCUT2D eigenvalue weighted by atomic mass is 16.5. The number of aromatic nitrogens is 1. The molecule has 3 heterocycles. The topological polar surface area (TPSA) is 60.6 Å². The lowest BCUT2D eigenvalue weighted by Gasteiger charge is -2.34. The molecule has 1 aromatic heterocycles. The van der Waals surface area contributed by atoms with Gasteiger partial charge in [-0.1, -0.05) is 6.92 Å². The van der Waals surface area contributed by atoms with Gasteiger partial charge in [-0.3, -0.25) is 4.79 Å². The summed E-state index contributed by atoms with van der Waals surface area (Å²) in [6.45, 7) is 12.0. The molecule has 0 aliphatic carbocycles. The van der Waals surface area contributed by atoms with Crippen LogP contribution in [0.15, 0.2) is 24.3 Å². The predicted octanol–water partition coefficient (Wildman–Crippen LogP) is 3.63. The summed E-state index contributed by atoms with van der Waals surface area (Å²) in [5, 5.41) is 4.23. The summed E-state index contributed by atoms with van der Waals surface area (Å²) in [6.07, 6.45) is 4.59. The number of carbonyl (C=O) groups is 1. The first-order valence-corrected chi connectivity index (χ1v) is 11.6. The van der Waals surface area contributed by atoms with E-state index in [1.54, 1.807) is 0 Å². The van der Waals surface area contributed by atoms with Crippen molar-refractivity contribution in [2.24, 2.45) is 0 Å². The number of amides is 1. The number of hydrogen-bond donors (Lipinski definition) is 2. The summed E-state index contributed by atoms with van der Waals surface area (Å²) in [7, 11) is 0. The third kappa shape index (κ3) is 4.98. The van der Waals surface area contributed by atoms with Crippen molar-refractivity contribution >= 4 is 16.8 Å². The Kier molecular flexibility index (Phi) is 6.64. The molecule has 0 bridgehead atoms. The van der Waals surface area contributed by atoms with E-state index in [4.69, 9.17) is 4.74 Å². The number of hydrogen-bond acceptors (Lipinski definition) is 4. The van der Waals surface area contributed by atoms with Crippen LogP contribution in [-0.4, -0.2) is 71.6 Å². The van der Waals surface area contributed by atoms with Crippen LogP contribution in [0.2, 0.25) is 0 Å². The van der Waals surface area contributed by atoms with Crippen molar-refractivity contribution < 1.29 is 9.53 Å². The molecule has 164 valence electrons. The molecule has 1 aromatic carbocycles. The van der Waals surface area contributed by atoms with Crippen LogP contribution in [0.3, 0.4) is 0 Å². The van der Waals surface area contributed by atoms with Crippen molar-refractivity contribution in [3.8, 4) is 5.75 Å². The standard InChI is InChI=1S/C24H36N4O2/c1-4-27-11-5-6-19(16-27)25-24(29)23-15-18-14-21(7-8-22(18)26-23)30-20-9-12-28(13-10-20)17(2)3/h7-8,14-15,17,19-20,26H,4-6,9-13,16H2,1-3H3,(H,25,29). The summed E-state index contributed by atoms with van der Waals surface area (Å²) in [4.78, 5) is 20.9. The molecule has 30 heavy (non-hydrogen) atoms. The fraction of sp³-hybridized carbons (Fsp3) is 0.625. The summed E-state index contributed by atoms with van der Waals surface area (Å²) in [5.74, 6) is 0.875. The summed E-state index contributed by atoms with van der Waals surface area (Å²) in [5.41, 5.74) is 1.60. The fourth-order valence-electron chi connectivity index (χ4n) is 4.73. The quantitative estimate of drug-likeness (QED) is 0.761. The molecule has 2 saturated heterocycles. The van der Waals surface area contributed by atoms with Crippen LogP contribution in [0.25, 0.3) is 10.9 Å². The number of nitrogens with one attached hydrogen (secondary N) is 2. The van der Waals surface area contributed by atoms with E-state index in [0.29, 0.717) is 11.7 Å². The van der Waals surface area contributed by atoms with Crippen LogP contribution >= 0.6 is 0 Å². The maximum atomic E-state index is 12.8. The van der Waals surface area contributed by atoms with E-state index < -0.39 is 0 Å². The molecule has 2 fully saturated rings. The summed E-state index contributed by atoms with van der Waals surface area (Å²) < 4.78 is 6.26. The lowest BCUT2D eigenvalue weighted by molar-refractivity contribution is 0.0844. The Morgan fingerprint density at radius 2 is 2.00 bits per heavy atom. The van der Waals surface area contributed by atoms with E-state index in [2.05, 4.69) is 46.9 Å². The molecular formula is C24H36N4O2. The van der Waals surface area contributed by atoms with Gasteiger partial charge in [-0.15, -0.1) is 0 Å². The molecule has 4 rings (SSSR count). The Hall–Kier alpha value is -2.05. The first-order chi connectivity index (χ1) is 14.5. The number of likely N-dealkylation sites (tertiary alicyclic amines) is 2. The van der Waals surface area contributed by atoms with Crippen molar-refractivity contribution in [3.05, 3.63) is 30.0 Å². The van der Waals surface area contributed by atoms with Crippen molar-refractivity contribution in [1.82, 2.24) is 20.1 Å². The highest BCUT2D eigenvalue weighted by Crippen LogP contribution is 2.25. The van der Waals surface area contributed by atoms with Gasteiger partial charge in [0, 0.05) is 42.6 Å². The van der Waals surface area contributed by atoms with Crippen molar-refractivity contribution in [1.29, 1.82) is 0 Å². The second kappa shape index (κ2) is 9.40. The van der Waals surface area contributed by atoms with E-state index in [1.807, 2.05) is 18.2 Å². The van der Waals surface area contributed by atoms with Gasteiger partial charge in [0.2, 0.25) is 0 Å². The van der Waals surface area contributed by atoms with Crippen LogP contribution in [0.5, 0.6) is 5.75 Å². The molecular weight excluding hydrogens is 376 g/mol.